The number of rotatable bonds is 8. The van der Waals surface area contributed by atoms with Crippen molar-refractivity contribution in [2.45, 2.75) is 26.7 Å². The molecule has 1 aromatic rings. The molecule has 0 aromatic carbocycles. The average Bonchev–Trinajstić information content (AvgIpc) is 2.48. The first-order valence-corrected chi connectivity index (χ1v) is 6.86. The summed E-state index contributed by atoms with van der Waals surface area (Å²) in [6, 6.07) is 3.39. The van der Waals surface area contributed by atoms with Crippen molar-refractivity contribution in [2.75, 3.05) is 13.7 Å². The summed E-state index contributed by atoms with van der Waals surface area (Å²) in [6.07, 6.45) is 3.84. The zero-order chi connectivity index (χ0) is 15.7. The van der Waals surface area contributed by atoms with Gasteiger partial charge in [0.15, 0.2) is 11.7 Å². The minimum Gasteiger partial charge on any atom is -0.479 e. The van der Waals surface area contributed by atoms with Gasteiger partial charge in [-0.2, -0.15) is 0 Å². The number of Topliss-reactive ketones (excluding diaryl/α,β-unsaturated/α-hetero) is 1. The standard InChI is InChI=1S/C15H20N2O4/c1-4-7-13(18)11(15(19)21-5-2)10-17-12-8-6-9-16-14(12)20-3/h6,8-11H,4-5,7H2,1-3H3. The number of carbonyl (C=O) groups excluding carboxylic acids is 2. The van der Waals surface area contributed by atoms with Crippen LogP contribution in [0.4, 0.5) is 5.69 Å². The quantitative estimate of drug-likeness (QED) is 0.417. The minimum absolute atomic E-state index is 0.206. The number of carbonyl (C=O) groups is 2. The first-order valence-electron chi connectivity index (χ1n) is 6.86. The lowest BCUT2D eigenvalue weighted by molar-refractivity contribution is -0.148. The Labute approximate surface area is 124 Å². The van der Waals surface area contributed by atoms with Gasteiger partial charge in [0.1, 0.15) is 5.69 Å². The molecule has 0 aliphatic rings. The molecule has 21 heavy (non-hydrogen) atoms. The molecule has 0 saturated heterocycles. The second-order valence-electron chi connectivity index (χ2n) is 4.26. The largest absolute Gasteiger partial charge is 0.479 e. The van der Waals surface area contributed by atoms with Gasteiger partial charge in [-0.1, -0.05) is 6.92 Å². The molecule has 0 aliphatic heterocycles. The maximum absolute atomic E-state index is 12.0. The van der Waals surface area contributed by atoms with Gasteiger partial charge in [0.2, 0.25) is 5.88 Å². The van der Waals surface area contributed by atoms with Crippen molar-refractivity contribution in [1.82, 2.24) is 4.98 Å². The molecular formula is C15H20N2O4. The number of esters is 1. The third-order valence-corrected chi connectivity index (χ3v) is 2.69. The molecular weight excluding hydrogens is 272 g/mol. The van der Waals surface area contributed by atoms with E-state index in [1.165, 1.54) is 13.3 Å². The molecule has 0 fully saturated rings. The summed E-state index contributed by atoms with van der Waals surface area (Å²) >= 11 is 0. The zero-order valence-electron chi connectivity index (χ0n) is 12.5. The Morgan fingerprint density at radius 2 is 2.19 bits per heavy atom. The summed E-state index contributed by atoms with van der Waals surface area (Å²) in [5.41, 5.74) is 0.457. The Balaban J connectivity index is 2.96. The van der Waals surface area contributed by atoms with Gasteiger partial charge in [0.25, 0.3) is 0 Å². The van der Waals surface area contributed by atoms with Crippen LogP contribution in [-0.2, 0) is 14.3 Å². The van der Waals surface area contributed by atoms with E-state index in [0.29, 0.717) is 24.4 Å². The van der Waals surface area contributed by atoms with E-state index in [4.69, 9.17) is 9.47 Å². The molecule has 0 bridgehead atoms. The van der Waals surface area contributed by atoms with E-state index in [1.54, 1.807) is 25.3 Å². The van der Waals surface area contributed by atoms with Crippen LogP contribution in [0.2, 0.25) is 0 Å². The minimum atomic E-state index is -0.991. The van der Waals surface area contributed by atoms with E-state index in [9.17, 15) is 9.59 Å². The number of ether oxygens (including phenoxy) is 2. The smallest absolute Gasteiger partial charge is 0.321 e. The molecule has 6 nitrogen and oxygen atoms in total. The van der Waals surface area contributed by atoms with Gasteiger partial charge >= 0.3 is 5.97 Å². The van der Waals surface area contributed by atoms with Crippen molar-refractivity contribution in [3.05, 3.63) is 18.3 Å². The molecule has 1 atom stereocenters. The van der Waals surface area contributed by atoms with Gasteiger partial charge in [-0.25, -0.2) is 4.98 Å². The lowest BCUT2D eigenvalue weighted by Crippen LogP contribution is -2.27. The van der Waals surface area contributed by atoms with Crippen molar-refractivity contribution in [3.8, 4) is 5.88 Å². The lowest BCUT2D eigenvalue weighted by atomic mass is 10.0. The van der Waals surface area contributed by atoms with Gasteiger partial charge in [-0.05, 0) is 25.5 Å². The molecule has 0 N–H and O–H groups in total. The van der Waals surface area contributed by atoms with Crippen molar-refractivity contribution in [3.63, 3.8) is 0 Å². The first-order chi connectivity index (χ1) is 10.1. The van der Waals surface area contributed by atoms with E-state index in [-0.39, 0.29) is 12.4 Å². The SMILES string of the molecule is CCCC(=O)C(C=Nc1cccnc1OC)C(=O)OCC. The van der Waals surface area contributed by atoms with Gasteiger partial charge in [-0.15, -0.1) is 0 Å². The fourth-order valence-electron chi connectivity index (χ4n) is 1.70. The lowest BCUT2D eigenvalue weighted by Gasteiger charge is -2.10. The number of aromatic nitrogens is 1. The number of hydrogen-bond acceptors (Lipinski definition) is 6. The van der Waals surface area contributed by atoms with Gasteiger partial charge in [0, 0.05) is 18.8 Å². The highest BCUT2D eigenvalue weighted by molar-refractivity contribution is 6.12. The summed E-state index contributed by atoms with van der Waals surface area (Å²) in [6.45, 7) is 3.79. The summed E-state index contributed by atoms with van der Waals surface area (Å²) in [5.74, 6) is -1.45. The predicted molar refractivity (Wildman–Crippen MR) is 79.0 cm³/mol. The normalized spacial score (nSPS) is 12.1. The molecule has 1 unspecified atom stereocenters. The molecule has 0 saturated carbocycles. The van der Waals surface area contributed by atoms with Crippen LogP contribution in [0.25, 0.3) is 0 Å². The van der Waals surface area contributed by atoms with Gasteiger partial charge in [-0.3, -0.25) is 14.6 Å². The maximum Gasteiger partial charge on any atom is 0.321 e. The van der Waals surface area contributed by atoms with E-state index in [0.717, 1.165) is 0 Å². The number of hydrogen-bond donors (Lipinski definition) is 0. The van der Waals surface area contributed by atoms with E-state index < -0.39 is 11.9 Å². The number of ketones is 1. The fourth-order valence-corrected chi connectivity index (χ4v) is 1.70. The topological polar surface area (TPSA) is 77.9 Å². The van der Waals surface area contributed by atoms with Gasteiger partial charge in [0.05, 0.1) is 13.7 Å². The maximum atomic E-state index is 12.0. The van der Waals surface area contributed by atoms with Crippen LogP contribution in [0, 0.1) is 5.92 Å². The molecule has 0 aliphatic carbocycles. The van der Waals surface area contributed by atoms with Gasteiger partial charge < -0.3 is 9.47 Å². The van der Waals surface area contributed by atoms with Crippen LogP contribution in [-0.4, -0.2) is 36.7 Å². The number of aliphatic imine (C=N–C) groups is 1. The van der Waals surface area contributed by atoms with E-state index >= 15 is 0 Å². The molecule has 6 heteroatoms. The van der Waals surface area contributed by atoms with Crippen LogP contribution < -0.4 is 4.74 Å². The Hall–Kier alpha value is -2.24. The van der Waals surface area contributed by atoms with E-state index in [1.807, 2.05) is 6.92 Å². The van der Waals surface area contributed by atoms with Crippen LogP contribution >= 0.6 is 0 Å². The van der Waals surface area contributed by atoms with Crippen LogP contribution in [0.3, 0.4) is 0 Å². The van der Waals surface area contributed by atoms with Crippen LogP contribution in [0.1, 0.15) is 26.7 Å². The van der Waals surface area contributed by atoms with Crippen molar-refractivity contribution in [1.29, 1.82) is 0 Å². The third-order valence-electron chi connectivity index (χ3n) is 2.69. The molecule has 0 spiro atoms. The molecule has 114 valence electrons. The highest BCUT2D eigenvalue weighted by atomic mass is 16.5. The Morgan fingerprint density at radius 3 is 2.81 bits per heavy atom. The Morgan fingerprint density at radius 1 is 1.43 bits per heavy atom. The summed E-state index contributed by atoms with van der Waals surface area (Å²) in [4.78, 5) is 32.0. The molecule has 1 heterocycles. The number of pyridine rings is 1. The second kappa shape index (κ2) is 8.84. The monoisotopic (exact) mass is 292 g/mol. The van der Waals surface area contributed by atoms with Crippen molar-refractivity contribution >= 4 is 23.7 Å². The predicted octanol–water partition coefficient (Wildman–Crippen LogP) is 2.34. The average molecular weight is 292 g/mol. The molecule has 0 amide bonds. The Bertz CT molecular complexity index is 496. The number of methoxy groups -OCH3 is 1. The number of nitrogens with zero attached hydrogens (tertiary/aromatic N) is 2. The van der Waals surface area contributed by atoms with E-state index in [2.05, 4.69) is 9.98 Å². The summed E-state index contributed by atoms with van der Waals surface area (Å²) in [7, 11) is 1.48. The molecule has 1 aromatic heterocycles. The summed E-state index contributed by atoms with van der Waals surface area (Å²) in [5, 5.41) is 0. The fraction of sp³-hybridized carbons (Fsp3) is 0.467. The highest BCUT2D eigenvalue weighted by Gasteiger charge is 2.25. The van der Waals surface area contributed by atoms with Crippen molar-refractivity contribution < 1.29 is 19.1 Å². The second-order valence-corrected chi connectivity index (χ2v) is 4.26. The summed E-state index contributed by atoms with van der Waals surface area (Å²) < 4.78 is 9.99. The Kier molecular flexibility index (Phi) is 7.08. The van der Waals surface area contributed by atoms with Crippen molar-refractivity contribution in [2.24, 2.45) is 10.9 Å². The third kappa shape index (κ3) is 4.98. The first kappa shape index (κ1) is 16.8. The zero-order valence-corrected chi connectivity index (χ0v) is 12.5. The molecule has 1 rings (SSSR count). The highest BCUT2D eigenvalue weighted by Crippen LogP contribution is 2.23. The molecule has 0 radical (unpaired) electrons. The van der Waals surface area contributed by atoms with Crippen LogP contribution in [0.15, 0.2) is 23.3 Å². The van der Waals surface area contributed by atoms with Crippen LogP contribution in [0.5, 0.6) is 5.88 Å².